The molecule has 0 fully saturated rings. The number of carboxylic acids is 3. The summed E-state index contributed by atoms with van der Waals surface area (Å²) in [4.78, 5) is 46.7. The molecular weight excluding hydrogens is 542 g/mol. The summed E-state index contributed by atoms with van der Waals surface area (Å²) < 4.78 is 3.66. The van der Waals surface area contributed by atoms with Gasteiger partial charge >= 0.3 is 23.6 Å². The van der Waals surface area contributed by atoms with E-state index in [0.29, 0.717) is 19.6 Å². The fraction of sp³-hybridized carbons (Fsp3) is 0.481. The molecule has 13 heteroatoms. The SMILES string of the molecule is CCn1c(=O)n(CC)c2cc(CN(Cc3sccc3C)CC(C)O)ccc21.O=C(O)CC(O)(CC(=O)O)C(=O)O. The highest BCUT2D eigenvalue weighted by Gasteiger charge is 2.40. The van der Waals surface area contributed by atoms with Crippen molar-refractivity contribution in [2.24, 2.45) is 0 Å². The van der Waals surface area contributed by atoms with Crippen LogP contribution in [0.1, 0.15) is 49.6 Å². The lowest BCUT2D eigenvalue weighted by molar-refractivity contribution is -0.170. The lowest BCUT2D eigenvalue weighted by Crippen LogP contribution is -2.42. The number of imidazole rings is 1. The molecule has 0 aliphatic carbocycles. The van der Waals surface area contributed by atoms with Crippen molar-refractivity contribution in [1.82, 2.24) is 14.0 Å². The van der Waals surface area contributed by atoms with Crippen LogP contribution in [0.5, 0.6) is 0 Å². The van der Waals surface area contributed by atoms with E-state index in [0.717, 1.165) is 29.7 Å². The quantitative estimate of drug-likeness (QED) is 0.201. The van der Waals surface area contributed by atoms with Crippen molar-refractivity contribution in [2.45, 2.75) is 78.4 Å². The highest BCUT2D eigenvalue weighted by molar-refractivity contribution is 7.10. The number of aryl methyl sites for hydroxylation is 3. The van der Waals surface area contributed by atoms with Crippen LogP contribution in [0.3, 0.4) is 0 Å². The monoisotopic (exact) mass is 579 g/mol. The van der Waals surface area contributed by atoms with E-state index in [2.05, 4.69) is 41.5 Å². The van der Waals surface area contributed by atoms with Gasteiger partial charge in [-0.25, -0.2) is 9.59 Å². The molecule has 1 atom stereocenters. The number of rotatable bonds is 13. The third-order valence-corrected chi connectivity index (χ3v) is 7.27. The molecule has 0 radical (unpaired) electrons. The van der Waals surface area contributed by atoms with E-state index in [1.54, 1.807) is 11.3 Å². The number of carbonyl (C=O) groups is 3. The number of aliphatic carboxylic acids is 3. The van der Waals surface area contributed by atoms with Gasteiger partial charge in [0.15, 0.2) is 5.60 Å². The summed E-state index contributed by atoms with van der Waals surface area (Å²) in [6.45, 7) is 11.5. The standard InChI is InChI=1S/C21H29N3O2S.C6H8O7/c1-5-23-18-8-7-17(11-19(18)24(6-2)21(23)26)13-22(12-16(4)25)14-20-15(3)9-10-27-20;7-3(8)1-6(13,5(11)12)2-4(9)10/h7-11,16,25H,5-6,12-14H2,1-4H3;13H,1-2H2,(H,7,8)(H,9,10)(H,11,12). The normalized spacial score (nSPS) is 12.3. The molecule has 2 aromatic heterocycles. The largest absolute Gasteiger partial charge is 0.481 e. The Bertz CT molecular complexity index is 1370. The van der Waals surface area contributed by atoms with Crippen molar-refractivity contribution >= 4 is 40.3 Å². The maximum absolute atomic E-state index is 12.6. The molecule has 0 aliphatic heterocycles. The van der Waals surface area contributed by atoms with Crippen LogP contribution in [0.25, 0.3) is 11.0 Å². The molecule has 3 rings (SSSR count). The van der Waals surface area contributed by atoms with E-state index < -0.39 is 36.4 Å². The fourth-order valence-electron chi connectivity index (χ4n) is 4.37. The molecule has 0 bridgehead atoms. The van der Waals surface area contributed by atoms with Crippen LogP contribution in [-0.4, -0.2) is 75.7 Å². The van der Waals surface area contributed by atoms with Crippen molar-refractivity contribution in [3.8, 4) is 0 Å². The highest BCUT2D eigenvalue weighted by Crippen LogP contribution is 2.22. The van der Waals surface area contributed by atoms with Gasteiger partial charge < -0.3 is 25.5 Å². The van der Waals surface area contributed by atoms with Gasteiger partial charge in [-0.15, -0.1) is 11.3 Å². The molecule has 220 valence electrons. The summed E-state index contributed by atoms with van der Waals surface area (Å²) in [7, 11) is 0. The third-order valence-electron chi connectivity index (χ3n) is 6.27. The van der Waals surface area contributed by atoms with E-state index in [1.807, 2.05) is 29.9 Å². The van der Waals surface area contributed by atoms with E-state index >= 15 is 0 Å². The van der Waals surface area contributed by atoms with Crippen LogP contribution in [0, 0.1) is 6.92 Å². The first-order chi connectivity index (χ1) is 18.7. The lowest BCUT2D eigenvalue weighted by atomic mass is 9.96. The second-order valence-electron chi connectivity index (χ2n) is 9.62. The second-order valence-corrected chi connectivity index (χ2v) is 10.6. The minimum atomic E-state index is -2.74. The zero-order valence-electron chi connectivity index (χ0n) is 23.0. The smallest absolute Gasteiger partial charge is 0.336 e. The predicted octanol–water partition coefficient (Wildman–Crippen LogP) is 2.35. The Kier molecular flexibility index (Phi) is 11.6. The van der Waals surface area contributed by atoms with Crippen LogP contribution >= 0.6 is 11.3 Å². The highest BCUT2D eigenvalue weighted by atomic mass is 32.1. The Balaban J connectivity index is 0.000000366. The molecule has 0 amide bonds. The molecule has 3 aromatic rings. The van der Waals surface area contributed by atoms with E-state index in [9.17, 15) is 24.3 Å². The number of thiophene rings is 1. The number of nitrogens with zero attached hydrogens (tertiary/aromatic N) is 3. The summed E-state index contributed by atoms with van der Waals surface area (Å²) in [5, 5.41) is 45.9. The first-order valence-corrected chi connectivity index (χ1v) is 13.6. The Morgan fingerprint density at radius 2 is 1.55 bits per heavy atom. The molecule has 1 unspecified atom stereocenters. The van der Waals surface area contributed by atoms with Crippen LogP contribution in [0.15, 0.2) is 34.4 Å². The number of aliphatic hydroxyl groups excluding tert-OH is 1. The van der Waals surface area contributed by atoms with Crippen molar-refractivity contribution in [3.63, 3.8) is 0 Å². The van der Waals surface area contributed by atoms with Crippen LogP contribution < -0.4 is 5.69 Å². The van der Waals surface area contributed by atoms with Crippen molar-refractivity contribution < 1.29 is 39.9 Å². The Morgan fingerprint density at radius 1 is 0.975 bits per heavy atom. The molecule has 0 spiro atoms. The second kappa shape index (κ2) is 14.2. The zero-order valence-corrected chi connectivity index (χ0v) is 23.8. The van der Waals surface area contributed by atoms with Gasteiger partial charge in [0.25, 0.3) is 0 Å². The average molecular weight is 580 g/mol. The van der Waals surface area contributed by atoms with Crippen molar-refractivity contribution in [3.05, 3.63) is 56.1 Å². The Labute approximate surface area is 235 Å². The molecule has 0 aliphatic rings. The molecule has 0 saturated heterocycles. The Morgan fingerprint density at radius 3 is 2.00 bits per heavy atom. The number of aliphatic hydroxyl groups is 2. The lowest BCUT2D eigenvalue weighted by Gasteiger charge is -2.24. The maximum Gasteiger partial charge on any atom is 0.336 e. The van der Waals surface area contributed by atoms with Crippen LogP contribution in [0.4, 0.5) is 0 Å². The van der Waals surface area contributed by atoms with E-state index in [1.165, 1.54) is 10.4 Å². The maximum atomic E-state index is 12.6. The summed E-state index contributed by atoms with van der Waals surface area (Å²) >= 11 is 1.76. The fourth-order valence-corrected chi connectivity index (χ4v) is 5.32. The van der Waals surface area contributed by atoms with Gasteiger partial charge in [0, 0.05) is 37.6 Å². The number of hydrogen-bond acceptors (Lipinski definition) is 8. The molecule has 0 saturated carbocycles. The van der Waals surface area contributed by atoms with Gasteiger partial charge in [0.05, 0.1) is 30.0 Å². The summed E-state index contributed by atoms with van der Waals surface area (Å²) in [5.74, 6) is -5.02. The van der Waals surface area contributed by atoms with Gasteiger partial charge in [-0.05, 0) is 62.4 Å². The van der Waals surface area contributed by atoms with E-state index in [-0.39, 0.29) is 11.8 Å². The van der Waals surface area contributed by atoms with Crippen LogP contribution in [-0.2, 0) is 40.6 Å². The minimum absolute atomic E-state index is 0.0576. The minimum Gasteiger partial charge on any atom is -0.481 e. The van der Waals surface area contributed by atoms with E-state index in [4.69, 9.17) is 20.4 Å². The van der Waals surface area contributed by atoms with Gasteiger partial charge in [0.2, 0.25) is 0 Å². The summed E-state index contributed by atoms with van der Waals surface area (Å²) in [6.07, 6.45) is -2.67. The Hall–Kier alpha value is -3.52. The molecular formula is C27H37N3O9S. The van der Waals surface area contributed by atoms with Crippen molar-refractivity contribution in [2.75, 3.05) is 6.54 Å². The first kappa shape index (κ1) is 32.7. The number of carboxylic acid groups (broad SMARTS) is 3. The number of fused-ring (bicyclic) bond motifs is 1. The zero-order chi connectivity index (χ0) is 30.2. The molecule has 1 aromatic carbocycles. The predicted molar refractivity (Wildman–Crippen MR) is 149 cm³/mol. The first-order valence-electron chi connectivity index (χ1n) is 12.8. The summed E-state index contributed by atoms with van der Waals surface area (Å²) in [5.41, 5.74) is 1.76. The molecule has 40 heavy (non-hydrogen) atoms. The van der Waals surface area contributed by atoms with Crippen molar-refractivity contribution in [1.29, 1.82) is 0 Å². The molecule has 5 N–H and O–H groups in total. The van der Waals surface area contributed by atoms with Gasteiger partial charge in [-0.1, -0.05) is 6.07 Å². The molecule has 2 heterocycles. The topological polar surface area (TPSA) is 183 Å². The van der Waals surface area contributed by atoms with Gasteiger partial charge in [0.1, 0.15) is 0 Å². The third kappa shape index (κ3) is 8.49. The average Bonchev–Trinajstić information content (AvgIpc) is 3.36. The number of benzene rings is 1. The summed E-state index contributed by atoms with van der Waals surface area (Å²) in [6, 6.07) is 8.42. The number of aromatic nitrogens is 2. The van der Waals surface area contributed by atoms with Gasteiger partial charge in [-0.2, -0.15) is 0 Å². The van der Waals surface area contributed by atoms with Gasteiger partial charge in [-0.3, -0.25) is 23.6 Å². The van der Waals surface area contributed by atoms with Crippen LogP contribution in [0.2, 0.25) is 0 Å². The number of hydrogen-bond donors (Lipinski definition) is 5. The molecule has 12 nitrogen and oxygen atoms in total.